The third-order valence-electron chi connectivity index (χ3n) is 6.34. The van der Waals surface area contributed by atoms with Gasteiger partial charge < -0.3 is 19.7 Å². The zero-order chi connectivity index (χ0) is 23.7. The molecule has 4 aromatic rings. The van der Waals surface area contributed by atoms with Crippen LogP contribution in [0.4, 0.5) is 5.95 Å². The van der Waals surface area contributed by atoms with Crippen molar-refractivity contribution in [2.24, 2.45) is 5.92 Å². The van der Waals surface area contributed by atoms with Gasteiger partial charge in [0.1, 0.15) is 5.82 Å². The summed E-state index contributed by atoms with van der Waals surface area (Å²) in [5.41, 5.74) is 5.53. The number of fused-ring (bicyclic) bond motifs is 1. The summed E-state index contributed by atoms with van der Waals surface area (Å²) in [5, 5.41) is 8.99. The number of carbonyl (C=O) groups is 1. The number of H-pyrrole nitrogens is 1. The number of carboxylic acid groups (broad SMARTS) is 1. The number of rotatable bonds is 6. The lowest BCUT2D eigenvalue weighted by atomic mass is 9.94. The monoisotopic (exact) mass is 458 g/mol. The summed E-state index contributed by atoms with van der Waals surface area (Å²) in [7, 11) is 1.59. The number of ether oxygens (including phenoxy) is 1. The van der Waals surface area contributed by atoms with Crippen molar-refractivity contribution >= 4 is 23.1 Å². The molecule has 1 fully saturated rings. The largest absolute Gasteiger partial charge is 0.481 e. The number of hydrogen-bond acceptors (Lipinski definition) is 7. The molecular weight excluding hydrogens is 432 g/mol. The number of imidazole rings is 1. The van der Waals surface area contributed by atoms with Crippen molar-refractivity contribution in [1.82, 2.24) is 24.9 Å². The van der Waals surface area contributed by atoms with Gasteiger partial charge in [-0.3, -0.25) is 4.79 Å². The van der Waals surface area contributed by atoms with Gasteiger partial charge in [0.05, 0.1) is 12.6 Å². The van der Waals surface area contributed by atoms with Gasteiger partial charge in [-0.05, 0) is 42.9 Å². The zero-order valence-electron chi connectivity index (χ0n) is 19.2. The fourth-order valence-corrected chi connectivity index (χ4v) is 4.44. The van der Waals surface area contributed by atoms with Crippen LogP contribution in [0.2, 0.25) is 0 Å². The number of nitrogens with one attached hydrogen (secondary N) is 1. The Morgan fingerprint density at radius 3 is 2.56 bits per heavy atom. The van der Waals surface area contributed by atoms with Gasteiger partial charge >= 0.3 is 5.97 Å². The number of benzene rings is 1. The van der Waals surface area contributed by atoms with E-state index in [9.17, 15) is 4.79 Å². The minimum absolute atomic E-state index is 0.235. The van der Waals surface area contributed by atoms with E-state index in [2.05, 4.69) is 42.8 Å². The average Bonchev–Trinajstić information content (AvgIpc) is 3.27. The second-order valence-corrected chi connectivity index (χ2v) is 8.64. The highest BCUT2D eigenvalue weighted by molar-refractivity contribution is 5.78. The molecule has 9 heteroatoms. The van der Waals surface area contributed by atoms with Crippen LogP contribution in [0.1, 0.15) is 24.8 Å². The molecule has 9 nitrogen and oxygen atoms in total. The second-order valence-electron chi connectivity index (χ2n) is 8.64. The molecule has 1 aliphatic rings. The molecule has 3 aromatic heterocycles. The molecule has 0 aliphatic carbocycles. The second kappa shape index (κ2) is 9.09. The molecule has 0 saturated carbocycles. The minimum atomic E-state index is -0.724. The molecule has 0 atom stereocenters. The highest BCUT2D eigenvalue weighted by Gasteiger charge is 2.22. The van der Waals surface area contributed by atoms with Crippen LogP contribution in [0.15, 0.2) is 42.7 Å². The normalized spacial score (nSPS) is 14.5. The Bertz CT molecular complexity index is 1330. The van der Waals surface area contributed by atoms with Crippen LogP contribution in [0.25, 0.3) is 33.7 Å². The van der Waals surface area contributed by atoms with Gasteiger partial charge in [0, 0.05) is 49.1 Å². The Morgan fingerprint density at radius 2 is 1.88 bits per heavy atom. The average molecular weight is 459 g/mol. The SMILES string of the molecule is COc1ccc2[nH]c(-c3ccc(-c4cnc(N5CCC(CC(=O)O)CC5)nc4)cc3C)nc2n1. The summed E-state index contributed by atoms with van der Waals surface area (Å²) < 4.78 is 5.19. The van der Waals surface area contributed by atoms with Crippen LogP contribution in [-0.2, 0) is 4.79 Å². The van der Waals surface area contributed by atoms with Gasteiger partial charge in [0.25, 0.3) is 0 Å². The highest BCUT2D eigenvalue weighted by atomic mass is 16.5. The van der Waals surface area contributed by atoms with Crippen LogP contribution in [0, 0.1) is 12.8 Å². The minimum Gasteiger partial charge on any atom is -0.481 e. The number of anilines is 1. The number of nitrogens with zero attached hydrogens (tertiary/aromatic N) is 5. The smallest absolute Gasteiger partial charge is 0.303 e. The van der Waals surface area contributed by atoms with Gasteiger partial charge in [-0.1, -0.05) is 18.2 Å². The molecule has 1 aliphatic heterocycles. The van der Waals surface area contributed by atoms with Crippen molar-refractivity contribution < 1.29 is 14.6 Å². The Kier molecular flexibility index (Phi) is 5.83. The Hall–Kier alpha value is -4.01. The molecule has 2 N–H and O–H groups in total. The van der Waals surface area contributed by atoms with E-state index >= 15 is 0 Å². The molecule has 5 rings (SSSR count). The molecule has 4 heterocycles. The quantitative estimate of drug-likeness (QED) is 0.444. The van der Waals surface area contributed by atoms with E-state index in [1.165, 1.54) is 0 Å². The van der Waals surface area contributed by atoms with E-state index in [-0.39, 0.29) is 12.3 Å². The van der Waals surface area contributed by atoms with E-state index in [0.29, 0.717) is 17.5 Å². The number of hydrogen-bond donors (Lipinski definition) is 2. The first kappa shape index (κ1) is 21.8. The molecule has 0 bridgehead atoms. The summed E-state index contributed by atoms with van der Waals surface area (Å²) in [4.78, 5) is 34.6. The number of piperidine rings is 1. The van der Waals surface area contributed by atoms with E-state index in [1.54, 1.807) is 7.11 Å². The molecule has 34 heavy (non-hydrogen) atoms. The summed E-state index contributed by atoms with van der Waals surface area (Å²) in [6, 6.07) is 9.91. The van der Waals surface area contributed by atoms with Crippen molar-refractivity contribution in [2.45, 2.75) is 26.2 Å². The Balaban J connectivity index is 1.31. The predicted octanol–water partition coefficient (Wildman–Crippen LogP) is 4.09. The predicted molar refractivity (Wildman–Crippen MR) is 129 cm³/mol. The van der Waals surface area contributed by atoms with E-state index in [4.69, 9.17) is 9.84 Å². The van der Waals surface area contributed by atoms with Crippen LogP contribution >= 0.6 is 0 Å². The molecule has 174 valence electrons. The van der Waals surface area contributed by atoms with Gasteiger partial charge in [-0.2, -0.15) is 4.98 Å². The number of aryl methyl sites for hydroxylation is 1. The first-order valence-corrected chi connectivity index (χ1v) is 11.3. The van der Waals surface area contributed by atoms with Gasteiger partial charge in [-0.25, -0.2) is 15.0 Å². The lowest BCUT2D eigenvalue weighted by molar-refractivity contribution is -0.138. The van der Waals surface area contributed by atoms with Crippen LogP contribution in [0.5, 0.6) is 5.88 Å². The van der Waals surface area contributed by atoms with E-state index in [1.807, 2.05) is 36.7 Å². The number of aromatic nitrogens is 5. The molecule has 0 radical (unpaired) electrons. The van der Waals surface area contributed by atoms with Crippen molar-refractivity contribution in [3.63, 3.8) is 0 Å². The van der Waals surface area contributed by atoms with Crippen molar-refractivity contribution in [1.29, 1.82) is 0 Å². The number of carboxylic acids is 1. The molecular formula is C25H26N6O3. The maximum Gasteiger partial charge on any atom is 0.303 e. The number of aliphatic carboxylic acids is 1. The van der Waals surface area contributed by atoms with Crippen LogP contribution < -0.4 is 9.64 Å². The molecule has 0 amide bonds. The Labute approximate surface area is 196 Å². The fourth-order valence-electron chi connectivity index (χ4n) is 4.44. The Morgan fingerprint density at radius 1 is 1.12 bits per heavy atom. The molecule has 1 saturated heterocycles. The third kappa shape index (κ3) is 4.41. The standard InChI is InChI=1S/C25H26N6O3/c1-15-11-17(3-4-19(15)23-28-20-5-6-21(34-2)29-24(20)30-23)18-13-26-25(27-14-18)31-9-7-16(8-10-31)12-22(32)33/h3-6,11,13-14,16H,7-10,12H2,1-2H3,(H,32,33)(H,28,29,30). The van der Waals surface area contributed by atoms with Gasteiger partial charge in [0.2, 0.25) is 11.8 Å². The first-order chi connectivity index (χ1) is 16.5. The van der Waals surface area contributed by atoms with E-state index < -0.39 is 5.97 Å². The van der Waals surface area contributed by atoms with Crippen molar-refractivity contribution in [3.05, 3.63) is 48.3 Å². The topological polar surface area (TPSA) is 117 Å². The molecule has 0 unspecified atom stereocenters. The van der Waals surface area contributed by atoms with Gasteiger partial charge in [0.15, 0.2) is 5.65 Å². The lowest BCUT2D eigenvalue weighted by Crippen LogP contribution is -2.35. The van der Waals surface area contributed by atoms with Crippen LogP contribution in [-0.4, -0.2) is 56.2 Å². The van der Waals surface area contributed by atoms with Gasteiger partial charge in [-0.15, -0.1) is 0 Å². The first-order valence-electron chi connectivity index (χ1n) is 11.3. The number of pyridine rings is 1. The summed E-state index contributed by atoms with van der Waals surface area (Å²) in [6.45, 7) is 3.61. The lowest BCUT2D eigenvalue weighted by Gasteiger charge is -2.31. The summed E-state index contributed by atoms with van der Waals surface area (Å²) >= 11 is 0. The number of aromatic amines is 1. The van der Waals surface area contributed by atoms with E-state index in [0.717, 1.165) is 59.5 Å². The number of methoxy groups -OCH3 is 1. The molecule has 0 spiro atoms. The van der Waals surface area contributed by atoms with Crippen molar-refractivity contribution in [3.8, 4) is 28.4 Å². The summed E-state index contributed by atoms with van der Waals surface area (Å²) in [5.74, 6) is 1.50. The maximum absolute atomic E-state index is 10.9. The fraction of sp³-hybridized carbons (Fsp3) is 0.320. The van der Waals surface area contributed by atoms with Crippen molar-refractivity contribution in [2.75, 3.05) is 25.1 Å². The maximum atomic E-state index is 10.9. The molecule has 1 aromatic carbocycles. The third-order valence-corrected chi connectivity index (χ3v) is 6.34. The van der Waals surface area contributed by atoms with Crippen LogP contribution in [0.3, 0.4) is 0 Å². The zero-order valence-corrected chi connectivity index (χ0v) is 19.2. The summed E-state index contributed by atoms with van der Waals surface area (Å²) in [6.07, 6.45) is 5.63. The highest BCUT2D eigenvalue weighted by Crippen LogP contribution is 2.29.